The van der Waals surface area contributed by atoms with Crippen LogP contribution in [0.5, 0.6) is 0 Å². The van der Waals surface area contributed by atoms with Gasteiger partial charge in [0.2, 0.25) is 0 Å². The van der Waals surface area contributed by atoms with Gasteiger partial charge in [0.15, 0.2) is 0 Å². The fraction of sp³-hybridized carbons (Fsp3) is 0. The number of aromatic nitrogens is 1. The van der Waals surface area contributed by atoms with Gasteiger partial charge in [-0.2, -0.15) is 0 Å². The zero-order valence-electron chi connectivity index (χ0n) is 31.4. The van der Waals surface area contributed by atoms with Crippen LogP contribution in [0.15, 0.2) is 212 Å². The lowest BCUT2D eigenvalue weighted by Gasteiger charge is -2.28. The molecule has 0 saturated heterocycles. The van der Waals surface area contributed by atoms with E-state index in [2.05, 4.69) is 191 Å². The number of benzene rings is 9. The van der Waals surface area contributed by atoms with E-state index in [4.69, 9.17) is 0 Å². The van der Waals surface area contributed by atoms with Gasteiger partial charge < -0.3 is 9.47 Å². The van der Waals surface area contributed by atoms with E-state index >= 15 is 0 Å². The molecule has 0 unspecified atom stereocenters. The number of thiophene rings is 1. The Hall–Kier alpha value is -7.27. The summed E-state index contributed by atoms with van der Waals surface area (Å²) < 4.78 is 19.6. The van der Waals surface area contributed by atoms with E-state index in [-0.39, 0.29) is 5.82 Å². The molecule has 58 heavy (non-hydrogen) atoms. The van der Waals surface area contributed by atoms with Crippen LogP contribution in [0.4, 0.5) is 21.5 Å². The molecule has 11 rings (SSSR count). The molecule has 0 aliphatic heterocycles. The first-order valence-electron chi connectivity index (χ1n) is 19.5. The zero-order valence-corrected chi connectivity index (χ0v) is 32.2. The van der Waals surface area contributed by atoms with Gasteiger partial charge in [0.05, 0.1) is 22.4 Å². The molecular formula is C54H35FN2S. The van der Waals surface area contributed by atoms with Gasteiger partial charge in [-0.1, -0.05) is 152 Å². The van der Waals surface area contributed by atoms with E-state index in [1.165, 1.54) is 48.0 Å². The van der Waals surface area contributed by atoms with E-state index in [0.29, 0.717) is 0 Å². The molecule has 274 valence electrons. The van der Waals surface area contributed by atoms with Crippen molar-refractivity contribution in [2.45, 2.75) is 0 Å². The molecule has 0 aliphatic carbocycles. The first-order valence-corrected chi connectivity index (χ1v) is 20.4. The smallest absolute Gasteiger partial charge is 0.123 e. The van der Waals surface area contributed by atoms with Gasteiger partial charge in [-0.25, -0.2) is 4.39 Å². The third-order valence-corrected chi connectivity index (χ3v) is 12.6. The van der Waals surface area contributed by atoms with Gasteiger partial charge in [0.25, 0.3) is 0 Å². The average Bonchev–Trinajstić information content (AvgIpc) is 3.84. The van der Waals surface area contributed by atoms with Crippen molar-refractivity contribution >= 4 is 70.4 Å². The highest BCUT2D eigenvalue weighted by atomic mass is 32.1. The van der Waals surface area contributed by atoms with Crippen molar-refractivity contribution in [3.63, 3.8) is 0 Å². The maximum atomic E-state index is 14.7. The van der Waals surface area contributed by atoms with Gasteiger partial charge >= 0.3 is 0 Å². The first kappa shape index (κ1) is 34.0. The molecular weight excluding hydrogens is 728 g/mol. The number of para-hydroxylation sites is 3. The largest absolute Gasteiger partial charge is 0.308 e. The molecule has 2 aromatic heterocycles. The lowest BCUT2D eigenvalue weighted by molar-refractivity contribution is 0.629. The summed E-state index contributed by atoms with van der Waals surface area (Å²) >= 11 is 1.87. The van der Waals surface area contributed by atoms with Crippen LogP contribution in [0.3, 0.4) is 0 Å². The Bertz CT molecular complexity index is 3270. The van der Waals surface area contributed by atoms with Crippen molar-refractivity contribution in [2.24, 2.45) is 0 Å². The van der Waals surface area contributed by atoms with Crippen LogP contribution in [-0.4, -0.2) is 4.57 Å². The quantitative estimate of drug-likeness (QED) is 0.157. The summed E-state index contributed by atoms with van der Waals surface area (Å²) in [6.07, 6.45) is 0. The van der Waals surface area contributed by atoms with E-state index in [9.17, 15) is 4.39 Å². The highest BCUT2D eigenvalue weighted by Gasteiger charge is 2.21. The van der Waals surface area contributed by atoms with Crippen LogP contribution in [0.2, 0.25) is 0 Å². The van der Waals surface area contributed by atoms with E-state index in [0.717, 1.165) is 50.1 Å². The van der Waals surface area contributed by atoms with Crippen molar-refractivity contribution < 1.29 is 4.39 Å². The molecule has 0 aliphatic rings. The summed E-state index contributed by atoms with van der Waals surface area (Å²) in [4.78, 5) is 2.34. The summed E-state index contributed by atoms with van der Waals surface area (Å²) in [6, 6.07) is 74.2. The van der Waals surface area contributed by atoms with Crippen LogP contribution in [0, 0.1) is 5.82 Å². The minimum Gasteiger partial charge on any atom is -0.308 e. The maximum Gasteiger partial charge on any atom is 0.123 e. The van der Waals surface area contributed by atoms with Crippen LogP contribution < -0.4 is 4.90 Å². The molecule has 0 N–H and O–H groups in total. The van der Waals surface area contributed by atoms with Crippen LogP contribution in [0.1, 0.15) is 0 Å². The number of anilines is 3. The fourth-order valence-corrected chi connectivity index (χ4v) is 9.96. The second kappa shape index (κ2) is 14.0. The minimum atomic E-state index is -0.244. The number of nitrogens with zero attached hydrogens (tertiary/aromatic N) is 2. The van der Waals surface area contributed by atoms with E-state index in [1.54, 1.807) is 12.1 Å². The Morgan fingerprint density at radius 1 is 0.379 bits per heavy atom. The highest BCUT2D eigenvalue weighted by molar-refractivity contribution is 7.26. The number of fused-ring (bicyclic) bond motifs is 6. The van der Waals surface area contributed by atoms with Gasteiger partial charge in [-0.05, 0) is 94.0 Å². The summed E-state index contributed by atoms with van der Waals surface area (Å²) in [5, 5.41) is 4.47. The Morgan fingerprint density at radius 3 is 1.55 bits per heavy atom. The molecule has 9 aromatic carbocycles. The van der Waals surface area contributed by atoms with Crippen molar-refractivity contribution in [2.75, 3.05) is 4.90 Å². The standard InChI is InChI=1S/C54H35FN2S/c55-40-29-34-50-48(35-40)45-17-7-8-22-49(45)57(50)52-24-10-9-23-51(52)56(41-30-25-37(26-31-41)36-13-3-1-4-14-36)42-32-27-39(28-33-42)44-19-12-21-47-46-20-11-18-43(53(46)58-54(44)47)38-15-5-2-6-16-38/h1-35H. The zero-order chi connectivity index (χ0) is 38.6. The number of rotatable bonds is 7. The van der Waals surface area contributed by atoms with Gasteiger partial charge in [-0.15, -0.1) is 11.3 Å². The maximum absolute atomic E-state index is 14.7. The Kier molecular flexibility index (Phi) is 8.23. The van der Waals surface area contributed by atoms with Crippen molar-refractivity contribution in [3.8, 4) is 39.1 Å². The monoisotopic (exact) mass is 762 g/mol. The molecule has 2 heterocycles. The van der Waals surface area contributed by atoms with Gasteiger partial charge in [-0.3, -0.25) is 0 Å². The SMILES string of the molecule is Fc1ccc2c(c1)c1ccccc1n2-c1ccccc1N(c1ccc(-c2ccccc2)cc1)c1ccc(-c2cccc3c2sc2c(-c4ccccc4)cccc23)cc1. The van der Waals surface area contributed by atoms with Crippen LogP contribution >= 0.6 is 11.3 Å². The van der Waals surface area contributed by atoms with Gasteiger partial charge in [0, 0.05) is 42.3 Å². The van der Waals surface area contributed by atoms with Crippen molar-refractivity contribution in [3.05, 3.63) is 218 Å². The molecule has 2 nitrogen and oxygen atoms in total. The number of halogens is 1. The molecule has 0 bridgehead atoms. The predicted molar refractivity (Wildman–Crippen MR) is 245 cm³/mol. The molecule has 0 radical (unpaired) electrons. The average molecular weight is 763 g/mol. The van der Waals surface area contributed by atoms with E-state index in [1.807, 2.05) is 29.5 Å². The Morgan fingerprint density at radius 2 is 0.879 bits per heavy atom. The molecule has 0 spiro atoms. The molecule has 0 fully saturated rings. The van der Waals surface area contributed by atoms with Crippen molar-refractivity contribution in [1.29, 1.82) is 0 Å². The fourth-order valence-electron chi connectivity index (χ4n) is 8.59. The van der Waals surface area contributed by atoms with Crippen LogP contribution in [0.25, 0.3) is 81.0 Å². The Labute approximate surface area is 339 Å². The lowest BCUT2D eigenvalue weighted by atomic mass is 10.00. The third-order valence-electron chi connectivity index (χ3n) is 11.3. The normalized spacial score (nSPS) is 11.5. The number of hydrogen-bond acceptors (Lipinski definition) is 2. The summed E-state index contributed by atoms with van der Waals surface area (Å²) in [6.45, 7) is 0. The molecule has 11 aromatic rings. The summed E-state index contributed by atoms with van der Waals surface area (Å²) in [7, 11) is 0. The summed E-state index contributed by atoms with van der Waals surface area (Å²) in [5.74, 6) is -0.244. The number of hydrogen-bond donors (Lipinski definition) is 0. The molecule has 0 saturated carbocycles. The van der Waals surface area contributed by atoms with Gasteiger partial charge in [0.1, 0.15) is 5.82 Å². The van der Waals surface area contributed by atoms with Crippen molar-refractivity contribution in [1.82, 2.24) is 4.57 Å². The van der Waals surface area contributed by atoms with Crippen LogP contribution in [-0.2, 0) is 0 Å². The summed E-state index contributed by atoms with van der Waals surface area (Å²) in [5.41, 5.74) is 13.3. The second-order valence-corrected chi connectivity index (χ2v) is 15.7. The highest BCUT2D eigenvalue weighted by Crippen LogP contribution is 2.46. The molecule has 4 heteroatoms. The minimum absolute atomic E-state index is 0.244. The molecule has 0 amide bonds. The predicted octanol–water partition coefficient (Wildman–Crippen LogP) is 15.8. The third kappa shape index (κ3) is 5.69. The lowest BCUT2D eigenvalue weighted by Crippen LogP contribution is -2.13. The van der Waals surface area contributed by atoms with E-state index < -0.39 is 0 Å². The first-order chi connectivity index (χ1) is 28.7. The Balaban J connectivity index is 1.07. The second-order valence-electron chi connectivity index (χ2n) is 14.6. The topological polar surface area (TPSA) is 8.17 Å². The molecule has 0 atom stereocenters.